The molecule has 1 saturated carbocycles. The van der Waals surface area contributed by atoms with Crippen LogP contribution in [0.5, 0.6) is 5.75 Å². The van der Waals surface area contributed by atoms with Crippen molar-refractivity contribution in [2.75, 3.05) is 6.61 Å². The van der Waals surface area contributed by atoms with E-state index in [1.165, 1.54) is 6.42 Å². The van der Waals surface area contributed by atoms with E-state index >= 15 is 0 Å². The van der Waals surface area contributed by atoms with Crippen LogP contribution in [0.25, 0.3) is 0 Å². The molecule has 1 aliphatic carbocycles. The Kier molecular flexibility index (Phi) is 4.46. The first kappa shape index (κ1) is 13.9. The van der Waals surface area contributed by atoms with Crippen LogP contribution in [0.2, 0.25) is 0 Å². The summed E-state index contributed by atoms with van der Waals surface area (Å²) >= 11 is 0. The van der Waals surface area contributed by atoms with Crippen molar-refractivity contribution in [1.29, 1.82) is 0 Å². The summed E-state index contributed by atoms with van der Waals surface area (Å²) in [5.74, 6) is 1.44. The molecule has 0 amide bonds. The molecule has 0 saturated heterocycles. The Balaban J connectivity index is 2.16. The van der Waals surface area contributed by atoms with Gasteiger partial charge in [-0.15, -0.1) is 0 Å². The molecule has 104 valence electrons. The first-order chi connectivity index (χ1) is 9.11. The van der Waals surface area contributed by atoms with Crippen molar-refractivity contribution in [2.24, 2.45) is 11.8 Å². The van der Waals surface area contributed by atoms with Crippen molar-refractivity contribution in [3.8, 4) is 5.75 Å². The first-order valence-corrected chi connectivity index (χ1v) is 7.06. The number of rotatable bonds is 5. The van der Waals surface area contributed by atoms with E-state index in [-0.39, 0.29) is 17.6 Å². The van der Waals surface area contributed by atoms with E-state index in [0.717, 1.165) is 12.0 Å². The number of esters is 1. The maximum atomic E-state index is 11.8. The van der Waals surface area contributed by atoms with Gasteiger partial charge in [0.15, 0.2) is 0 Å². The van der Waals surface area contributed by atoms with Crippen LogP contribution in [0.3, 0.4) is 0 Å². The largest absolute Gasteiger partial charge is 0.508 e. The number of phenolic OH excluding ortho intramolecular Hbond substituents is 1. The molecular weight excluding hydrogens is 240 g/mol. The van der Waals surface area contributed by atoms with Gasteiger partial charge in [0.2, 0.25) is 0 Å². The highest BCUT2D eigenvalue weighted by Gasteiger charge is 2.36. The SMILES string of the molecule is CCOC(=O)C[C@@H](c1cccc(O)c1)[C@H]1CC[C@@H]1C. The standard InChI is InChI=1S/C16H22O3/c1-3-19-16(18)10-15(14-8-7-11(14)2)12-5-4-6-13(17)9-12/h4-6,9,11,14-15,17H,3,7-8,10H2,1-2H3/t11-,14-,15-/m0/s1. The van der Waals surface area contributed by atoms with Crippen LogP contribution in [0.1, 0.15) is 44.6 Å². The van der Waals surface area contributed by atoms with Crippen LogP contribution in [0.4, 0.5) is 0 Å². The van der Waals surface area contributed by atoms with Crippen molar-refractivity contribution in [3.05, 3.63) is 29.8 Å². The minimum atomic E-state index is -0.144. The van der Waals surface area contributed by atoms with Crippen LogP contribution < -0.4 is 0 Å². The van der Waals surface area contributed by atoms with Crippen molar-refractivity contribution in [2.45, 2.75) is 39.0 Å². The third kappa shape index (κ3) is 3.28. The van der Waals surface area contributed by atoms with Crippen molar-refractivity contribution < 1.29 is 14.6 Å². The van der Waals surface area contributed by atoms with E-state index in [1.54, 1.807) is 12.1 Å². The molecule has 1 aromatic carbocycles. The van der Waals surface area contributed by atoms with E-state index in [4.69, 9.17) is 4.74 Å². The molecule has 0 heterocycles. The predicted octanol–water partition coefficient (Wildman–Crippen LogP) is 3.48. The van der Waals surface area contributed by atoms with Crippen LogP contribution in [0.15, 0.2) is 24.3 Å². The van der Waals surface area contributed by atoms with Gasteiger partial charge in [-0.2, -0.15) is 0 Å². The molecule has 0 radical (unpaired) electrons. The summed E-state index contributed by atoms with van der Waals surface area (Å²) in [5.41, 5.74) is 1.05. The molecule has 3 nitrogen and oxygen atoms in total. The highest BCUT2D eigenvalue weighted by Crippen LogP contribution is 2.45. The van der Waals surface area contributed by atoms with Gasteiger partial charge in [0.1, 0.15) is 5.75 Å². The number of hydrogen-bond acceptors (Lipinski definition) is 3. The van der Waals surface area contributed by atoms with Gasteiger partial charge in [-0.1, -0.05) is 25.5 Å². The molecule has 0 bridgehead atoms. The number of ether oxygens (including phenoxy) is 1. The minimum absolute atomic E-state index is 0.144. The molecular formula is C16H22O3. The molecule has 0 aliphatic heterocycles. The lowest BCUT2D eigenvalue weighted by atomic mass is 9.65. The lowest BCUT2D eigenvalue weighted by Gasteiger charge is -2.40. The molecule has 0 unspecified atom stereocenters. The van der Waals surface area contributed by atoms with Gasteiger partial charge >= 0.3 is 5.97 Å². The highest BCUT2D eigenvalue weighted by atomic mass is 16.5. The second kappa shape index (κ2) is 6.09. The third-order valence-corrected chi connectivity index (χ3v) is 4.19. The lowest BCUT2D eigenvalue weighted by Crippen LogP contribution is -2.31. The maximum Gasteiger partial charge on any atom is 0.306 e. The van der Waals surface area contributed by atoms with Crippen molar-refractivity contribution in [1.82, 2.24) is 0 Å². The fourth-order valence-corrected chi connectivity index (χ4v) is 2.96. The number of hydrogen-bond donors (Lipinski definition) is 1. The second-order valence-corrected chi connectivity index (χ2v) is 5.43. The van der Waals surface area contributed by atoms with Gasteiger partial charge in [0, 0.05) is 0 Å². The third-order valence-electron chi connectivity index (χ3n) is 4.19. The summed E-state index contributed by atoms with van der Waals surface area (Å²) in [6.45, 7) is 4.48. The Hall–Kier alpha value is -1.51. The molecule has 1 aromatic rings. The molecule has 1 N–H and O–H groups in total. The van der Waals surface area contributed by atoms with E-state index in [9.17, 15) is 9.90 Å². The van der Waals surface area contributed by atoms with Crippen molar-refractivity contribution in [3.63, 3.8) is 0 Å². The zero-order chi connectivity index (χ0) is 13.8. The van der Waals surface area contributed by atoms with Gasteiger partial charge in [-0.3, -0.25) is 4.79 Å². The molecule has 3 atom stereocenters. The minimum Gasteiger partial charge on any atom is -0.508 e. The van der Waals surface area contributed by atoms with Crippen LogP contribution in [0, 0.1) is 11.8 Å². The topological polar surface area (TPSA) is 46.5 Å². The fraction of sp³-hybridized carbons (Fsp3) is 0.562. The molecule has 3 heteroatoms. The van der Waals surface area contributed by atoms with E-state index < -0.39 is 0 Å². The summed E-state index contributed by atoms with van der Waals surface area (Å²) in [6.07, 6.45) is 2.79. The molecule has 1 aliphatic rings. The van der Waals surface area contributed by atoms with Crippen LogP contribution in [-0.4, -0.2) is 17.7 Å². The fourth-order valence-electron chi connectivity index (χ4n) is 2.96. The number of benzene rings is 1. The lowest BCUT2D eigenvalue weighted by molar-refractivity contribution is -0.144. The van der Waals surface area contributed by atoms with E-state index in [0.29, 0.717) is 24.9 Å². The monoisotopic (exact) mass is 262 g/mol. The smallest absolute Gasteiger partial charge is 0.306 e. The highest BCUT2D eigenvalue weighted by molar-refractivity contribution is 5.70. The zero-order valence-electron chi connectivity index (χ0n) is 11.6. The Morgan fingerprint density at radius 1 is 1.47 bits per heavy atom. The number of carbonyl (C=O) groups excluding carboxylic acids is 1. The molecule has 19 heavy (non-hydrogen) atoms. The van der Waals surface area contributed by atoms with Crippen LogP contribution in [-0.2, 0) is 9.53 Å². The normalized spacial score (nSPS) is 23.5. The Morgan fingerprint density at radius 2 is 2.26 bits per heavy atom. The first-order valence-electron chi connectivity index (χ1n) is 7.06. The Morgan fingerprint density at radius 3 is 2.79 bits per heavy atom. The Labute approximate surface area is 114 Å². The van der Waals surface area contributed by atoms with Crippen molar-refractivity contribution >= 4 is 5.97 Å². The quantitative estimate of drug-likeness (QED) is 0.826. The summed E-state index contributed by atoms with van der Waals surface area (Å²) in [5, 5.41) is 9.62. The summed E-state index contributed by atoms with van der Waals surface area (Å²) in [7, 11) is 0. The number of aromatic hydroxyl groups is 1. The van der Waals surface area contributed by atoms with Gasteiger partial charge in [-0.25, -0.2) is 0 Å². The maximum absolute atomic E-state index is 11.8. The average Bonchev–Trinajstić information content (AvgIpc) is 2.36. The number of phenols is 1. The van der Waals surface area contributed by atoms with Gasteiger partial charge in [-0.05, 0) is 48.8 Å². The van der Waals surface area contributed by atoms with Gasteiger partial charge in [0.25, 0.3) is 0 Å². The predicted molar refractivity (Wildman–Crippen MR) is 74.0 cm³/mol. The summed E-state index contributed by atoms with van der Waals surface area (Å²) in [6, 6.07) is 7.27. The van der Waals surface area contributed by atoms with E-state index in [1.807, 2.05) is 19.1 Å². The Bertz CT molecular complexity index is 441. The second-order valence-electron chi connectivity index (χ2n) is 5.43. The van der Waals surface area contributed by atoms with E-state index in [2.05, 4.69) is 6.92 Å². The summed E-state index contributed by atoms with van der Waals surface area (Å²) in [4.78, 5) is 11.8. The number of carbonyl (C=O) groups is 1. The average molecular weight is 262 g/mol. The molecule has 0 spiro atoms. The molecule has 1 fully saturated rings. The van der Waals surface area contributed by atoms with Gasteiger partial charge in [0.05, 0.1) is 13.0 Å². The zero-order valence-corrected chi connectivity index (χ0v) is 11.6. The van der Waals surface area contributed by atoms with Gasteiger partial charge < -0.3 is 9.84 Å². The molecule has 2 rings (SSSR count). The summed E-state index contributed by atoms with van der Waals surface area (Å²) < 4.78 is 5.08. The molecule has 0 aromatic heterocycles. The van der Waals surface area contributed by atoms with Crippen LogP contribution >= 0.6 is 0 Å².